The average molecular weight is 408 g/mol. The Hall–Kier alpha value is -2.35. The quantitative estimate of drug-likeness (QED) is 0.514. The monoisotopic (exact) mass is 407 g/mol. The van der Waals surface area contributed by atoms with Crippen LogP contribution in [-0.2, 0) is 9.53 Å². The lowest BCUT2D eigenvalue weighted by molar-refractivity contribution is -0.154. The molecule has 0 atom stereocenters. The van der Waals surface area contributed by atoms with Gasteiger partial charge in [-0.1, -0.05) is 11.8 Å². The van der Waals surface area contributed by atoms with Gasteiger partial charge >= 0.3 is 5.97 Å². The lowest BCUT2D eigenvalue weighted by atomic mass is 10.2. The van der Waals surface area contributed by atoms with Crippen LogP contribution in [0.3, 0.4) is 0 Å². The van der Waals surface area contributed by atoms with Gasteiger partial charge in [-0.2, -0.15) is 0 Å². The van der Waals surface area contributed by atoms with Crippen LogP contribution < -0.4 is 0 Å². The zero-order valence-corrected chi connectivity index (χ0v) is 17.7. The molecule has 0 saturated heterocycles. The second-order valence-corrected chi connectivity index (χ2v) is 8.13. The number of esters is 1. The van der Waals surface area contributed by atoms with Gasteiger partial charge in [0, 0.05) is 25.7 Å². The van der Waals surface area contributed by atoms with Crippen molar-refractivity contribution in [2.24, 2.45) is 0 Å². The van der Waals surface area contributed by atoms with Crippen molar-refractivity contribution in [1.29, 1.82) is 0 Å². The summed E-state index contributed by atoms with van der Waals surface area (Å²) in [6, 6.07) is 5.91. The Bertz CT molecular complexity index is 828. The van der Waals surface area contributed by atoms with Gasteiger partial charge in [-0.25, -0.2) is 9.37 Å². The molecule has 0 spiro atoms. The van der Waals surface area contributed by atoms with E-state index in [1.54, 1.807) is 28.6 Å². The van der Waals surface area contributed by atoms with Crippen LogP contribution in [0.2, 0.25) is 0 Å². The van der Waals surface area contributed by atoms with E-state index < -0.39 is 5.60 Å². The van der Waals surface area contributed by atoms with Gasteiger partial charge in [-0.05, 0) is 57.7 Å². The molecule has 0 fully saturated rings. The molecule has 1 aromatic carbocycles. The topological polar surface area (TPSA) is 64.4 Å². The highest BCUT2D eigenvalue weighted by molar-refractivity contribution is 7.98. The van der Waals surface area contributed by atoms with Crippen LogP contribution in [0.25, 0.3) is 5.69 Å². The first-order valence-corrected chi connectivity index (χ1v) is 10.2. The van der Waals surface area contributed by atoms with E-state index in [4.69, 9.17) is 4.74 Å². The number of nitrogens with zero attached hydrogens (tertiary/aromatic N) is 3. The van der Waals surface area contributed by atoms with E-state index in [-0.39, 0.29) is 24.1 Å². The predicted octanol–water partition coefficient (Wildman–Crippen LogP) is 3.93. The highest BCUT2D eigenvalue weighted by Gasteiger charge is 2.21. The second-order valence-electron chi connectivity index (χ2n) is 7.36. The number of aromatic nitrogens is 2. The lowest BCUT2D eigenvalue weighted by Crippen LogP contribution is -2.30. The van der Waals surface area contributed by atoms with Crippen molar-refractivity contribution in [2.75, 3.05) is 19.8 Å². The van der Waals surface area contributed by atoms with Crippen LogP contribution in [0.1, 0.15) is 44.1 Å². The van der Waals surface area contributed by atoms with Gasteiger partial charge in [-0.15, -0.1) is 0 Å². The molecule has 6 nitrogen and oxygen atoms in total. The van der Waals surface area contributed by atoms with Crippen molar-refractivity contribution in [3.8, 4) is 5.69 Å². The maximum atomic E-state index is 13.3. The minimum absolute atomic E-state index is 0.221. The number of carbonyl (C=O) groups is 2. The highest BCUT2D eigenvalue weighted by Crippen LogP contribution is 2.23. The largest absolute Gasteiger partial charge is 0.460 e. The SMILES string of the molecule is CSc1ncc(C(=O)N(C)CCCC(=O)OC(C)(C)C)n1-c1ccc(F)cc1. The number of benzene rings is 1. The minimum Gasteiger partial charge on any atom is -0.460 e. The normalized spacial score (nSPS) is 11.4. The van der Waals surface area contributed by atoms with Crippen LogP contribution in [0.5, 0.6) is 0 Å². The number of rotatable bonds is 7. The molecule has 1 aromatic heterocycles. The van der Waals surface area contributed by atoms with Gasteiger partial charge in [0.2, 0.25) is 0 Å². The number of imidazole rings is 1. The first kappa shape index (κ1) is 21.9. The molecular weight excluding hydrogens is 381 g/mol. The summed E-state index contributed by atoms with van der Waals surface area (Å²) in [5.74, 6) is -0.850. The van der Waals surface area contributed by atoms with E-state index in [1.807, 2.05) is 27.0 Å². The molecule has 28 heavy (non-hydrogen) atoms. The summed E-state index contributed by atoms with van der Waals surface area (Å²) in [6.07, 6.45) is 4.11. The van der Waals surface area contributed by atoms with Crippen LogP contribution in [0.15, 0.2) is 35.6 Å². The molecule has 0 radical (unpaired) electrons. The number of hydrogen-bond acceptors (Lipinski definition) is 5. The first-order chi connectivity index (χ1) is 13.1. The molecule has 0 bridgehead atoms. The van der Waals surface area contributed by atoms with Gasteiger partial charge in [-0.3, -0.25) is 14.2 Å². The molecule has 0 saturated carbocycles. The molecule has 2 aromatic rings. The third-order valence-corrected chi connectivity index (χ3v) is 4.51. The number of amides is 1. The number of halogens is 1. The Morgan fingerprint density at radius 1 is 1.25 bits per heavy atom. The van der Waals surface area contributed by atoms with Gasteiger partial charge < -0.3 is 9.64 Å². The number of hydrogen-bond donors (Lipinski definition) is 0. The van der Waals surface area contributed by atoms with Crippen LogP contribution in [0, 0.1) is 5.82 Å². The molecule has 1 heterocycles. The Morgan fingerprint density at radius 2 is 1.89 bits per heavy atom. The molecule has 0 unspecified atom stereocenters. The van der Waals surface area contributed by atoms with Crippen LogP contribution in [0.4, 0.5) is 4.39 Å². The smallest absolute Gasteiger partial charge is 0.306 e. The average Bonchev–Trinajstić information content (AvgIpc) is 3.04. The van der Waals surface area contributed by atoms with Crippen molar-refractivity contribution < 1.29 is 18.7 Å². The van der Waals surface area contributed by atoms with E-state index in [1.165, 1.54) is 30.1 Å². The fourth-order valence-corrected chi connectivity index (χ4v) is 3.16. The van der Waals surface area contributed by atoms with Crippen molar-refractivity contribution in [1.82, 2.24) is 14.5 Å². The molecular formula is C20H26FN3O3S. The van der Waals surface area contributed by atoms with Gasteiger partial charge in [0.25, 0.3) is 5.91 Å². The zero-order valence-electron chi connectivity index (χ0n) is 16.9. The van der Waals surface area contributed by atoms with Gasteiger partial charge in [0.15, 0.2) is 5.16 Å². The second kappa shape index (κ2) is 9.23. The van der Waals surface area contributed by atoms with Crippen molar-refractivity contribution >= 4 is 23.6 Å². The molecule has 152 valence electrons. The Balaban J connectivity index is 2.08. The zero-order chi connectivity index (χ0) is 20.9. The van der Waals surface area contributed by atoms with Crippen molar-refractivity contribution in [3.05, 3.63) is 42.0 Å². The summed E-state index contributed by atoms with van der Waals surface area (Å²) in [6.45, 7) is 5.86. The Labute approximate surface area is 169 Å². The van der Waals surface area contributed by atoms with Crippen LogP contribution in [-0.4, -0.2) is 51.8 Å². The third-order valence-electron chi connectivity index (χ3n) is 3.86. The van der Waals surface area contributed by atoms with E-state index in [9.17, 15) is 14.0 Å². The van der Waals surface area contributed by atoms with E-state index in [2.05, 4.69) is 4.98 Å². The van der Waals surface area contributed by atoms with Gasteiger partial charge in [0.1, 0.15) is 17.1 Å². The lowest BCUT2D eigenvalue weighted by Gasteiger charge is -2.21. The van der Waals surface area contributed by atoms with Gasteiger partial charge in [0.05, 0.1) is 6.20 Å². The molecule has 8 heteroatoms. The standard InChI is InChI=1S/C20H26FN3O3S/c1-20(2,3)27-17(25)7-6-12-23(4)18(26)16-13-22-19(28-5)24(16)15-10-8-14(21)9-11-15/h8-11,13H,6-7,12H2,1-5H3. The third kappa shape index (κ3) is 5.82. The molecule has 2 rings (SSSR count). The number of ether oxygens (including phenoxy) is 1. The molecule has 0 N–H and O–H groups in total. The maximum Gasteiger partial charge on any atom is 0.306 e. The first-order valence-electron chi connectivity index (χ1n) is 8.97. The predicted molar refractivity (Wildman–Crippen MR) is 107 cm³/mol. The van der Waals surface area contributed by atoms with Crippen LogP contribution >= 0.6 is 11.8 Å². The maximum absolute atomic E-state index is 13.3. The summed E-state index contributed by atoms with van der Waals surface area (Å²) in [5, 5.41) is 0.636. The summed E-state index contributed by atoms with van der Waals surface area (Å²) >= 11 is 1.40. The van der Waals surface area contributed by atoms with E-state index in [0.29, 0.717) is 29.5 Å². The minimum atomic E-state index is -0.519. The molecule has 0 aliphatic heterocycles. The Morgan fingerprint density at radius 3 is 2.46 bits per heavy atom. The Kier molecular flexibility index (Phi) is 7.23. The summed E-state index contributed by atoms with van der Waals surface area (Å²) in [5.41, 5.74) is 0.527. The molecule has 1 amide bonds. The summed E-state index contributed by atoms with van der Waals surface area (Å²) in [7, 11) is 1.68. The summed E-state index contributed by atoms with van der Waals surface area (Å²) in [4.78, 5) is 30.6. The van der Waals surface area contributed by atoms with E-state index >= 15 is 0 Å². The number of thioether (sulfide) groups is 1. The van der Waals surface area contributed by atoms with Crippen molar-refractivity contribution in [2.45, 2.75) is 44.4 Å². The number of carbonyl (C=O) groups excluding carboxylic acids is 2. The highest BCUT2D eigenvalue weighted by atomic mass is 32.2. The van der Waals surface area contributed by atoms with Crippen molar-refractivity contribution in [3.63, 3.8) is 0 Å². The molecule has 0 aliphatic carbocycles. The fraction of sp³-hybridized carbons (Fsp3) is 0.450. The van der Waals surface area contributed by atoms with E-state index in [0.717, 1.165) is 0 Å². The fourth-order valence-electron chi connectivity index (χ4n) is 2.62. The summed E-state index contributed by atoms with van der Waals surface area (Å²) < 4.78 is 20.2. The molecule has 0 aliphatic rings.